The second-order valence-corrected chi connectivity index (χ2v) is 16.7. The number of nitrogens with zero attached hydrogens (tertiary/aromatic N) is 3. The number of halogens is 3. The van der Waals surface area contributed by atoms with Gasteiger partial charge in [-0.15, -0.1) is 0 Å². The van der Waals surface area contributed by atoms with Crippen molar-refractivity contribution in [1.29, 1.82) is 0 Å². The van der Waals surface area contributed by atoms with E-state index in [0.29, 0.717) is 54.3 Å². The molecule has 11 nitrogen and oxygen atoms in total. The third kappa shape index (κ3) is 10.7. The van der Waals surface area contributed by atoms with Gasteiger partial charge in [0.05, 0.1) is 37.9 Å². The van der Waals surface area contributed by atoms with Crippen LogP contribution < -0.4 is 14.8 Å². The molecule has 0 aliphatic carbocycles. The van der Waals surface area contributed by atoms with Crippen LogP contribution in [-0.2, 0) is 33.6 Å². The maximum absolute atomic E-state index is 14.5. The van der Waals surface area contributed by atoms with Gasteiger partial charge in [-0.25, -0.2) is 9.78 Å². The Labute approximate surface area is 354 Å². The standard InChI is InChI=1S/C47H53F3N4O7/c1-28-30(14-15-31-23-41(59-6)34(22-39(31)47(48,49)50)25-53-21-20-33(24-53)44(56)57)10-8-11-36(28)37-12-9-13-38(29(37)2)40-18-16-32(43(52-40)60-7)26-54(45(58)61-46(3,4)5)27-35-17-19-42(55)51-35/h8-16,18,22-23,33,35H,17,19-21,24-27H2,1-7H3,(H,51,55)(H,56,57)/b15-14+/t33-,35+/m1/s1. The first kappa shape index (κ1) is 44.7. The Hall–Kier alpha value is -5.89. The first-order valence-corrected chi connectivity index (χ1v) is 20.3. The lowest BCUT2D eigenvalue weighted by molar-refractivity contribution is -0.141. The summed E-state index contributed by atoms with van der Waals surface area (Å²) in [4.78, 5) is 45.0. The molecule has 324 valence electrons. The van der Waals surface area contributed by atoms with Crippen LogP contribution in [0.2, 0.25) is 0 Å². The highest BCUT2D eigenvalue weighted by Gasteiger charge is 2.35. The van der Waals surface area contributed by atoms with Crippen LogP contribution in [0.15, 0.2) is 60.7 Å². The maximum Gasteiger partial charge on any atom is 0.417 e. The molecule has 4 aromatic rings. The number of aliphatic carboxylic acids is 1. The summed E-state index contributed by atoms with van der Waals surface area (Å²) in [5.41, 5.74) is 5.23. The number of hydrogen-bond acceptors (Lipinski definition) is 8. The minimum absolute atomic E-state index is 0.0509. The number of carbonyl (C=O) groups is 3. The molecule has 2 atom stereocenters. The first-order chi connectivity index (χ1) is 28.8. The molecule has 0 spiro atoms. The van der Waals surface area contributed by atoms with Crippen molar-refractivity contribution < 1.29 is 46.9 Å². The number of methoxy groups -OCH3 is 2. The monoisotopic (exact) mass is 842 g/mol. The summed E-state index contributed by atoms with van der Waals surface area (Å²) in [6.07, 6.45) is -0.585. The number of carboxylic acid groups (broad SMARTS) is 1. The Balaban J connectivity index is 1.27. The summed E-state index contributed by atoms with van der Waals surface area (Å²) in [5, 5.41) is 12.3. The Morgan fingerprint density at radius 1 is 0.918 bits per heavy atom. The van der Waals surface area contributed by atoms with Gasteiger partial charge in [0, 0.05) is 48.8 Å². The van der Waals surface area contributed by atoms with Gasteiger partial charge in [-0.05, 0) is 112 Å². The Morgan fingerprint density at radius 3 is 2.23 bits per heavy atom. The van der Waals surface area contributed by atoms with Crippen molar-refractivity contribution in [1.82, 2.24) is 20.1 Å². The Bertz CT molecular complexity index is 2320. The second kappa shape index (κ2) is 18.4. The minimum Gasteiger partial charge on any atom is -0.496 e. The molecule has 14 heteroatoms. The molecule has 6 rings (SSSR count). The molecular weight excluding hydrogens is 790 g/mol. The van der Waals surface area contributed by atoms with Crippen molar-refractivity contribution in [3.63, 3.8) is 0 Å². The molecule has 3 aromatic carbocycles. The number of amides is 2. The Morgan fingerprint density at radius 2 is 1.61 bits per heavy atom. The van der Waals surface area contributed by atoms with Crippen molar-refractivity contribution >= 4 is 30.1 Å². The topological polar surface area (TPSA) is 131 Å². The fraction of sp³-hybridized carbons (Fsp3) is 0.404. The van der Waals surface area contributed by atoms with Crippen LogP contribution in [0, 0.1) is 19.8 Å². The van der Waals surface area contributed by atoms with Crippen LogP contribution in [-0.4, -0.2) is 83.4 Å². The zero-order valence-electron chi connectivity index (χ0n) is 35.6. The summed E-state index contributed by atoms with van der Waals surface area (Å²) in [5.74, 6) is -0.887. The largest absolute Gasteiger partial charge is 0.496 e. The van der Waals surface area contributed by atoms with Gasteiger partial charge in [0.1, 0.15) is 11.4 Å². The number of benzene rings is 3. The quantitative estimate of drug-likeness (QED) is 0.127. The smallest absolute Gasteiger partial charge is 0.417 e. The van der Waals surface area contributed by atoms with Crippen LogP contribution in [0.25, 0.3) is 34.5 Å². The zero-order chi connectivity index (χ0) is 44.2. The van der Waals surface area contributed by atoms with E-state index in [1.807, 2.05) is 67.3 Å². The van der Waals surface area contributed by atoms with Gasteiger partial charge in [0.25, 0.3) is 0 Å². The molecule has 0 unspecified atom stereocenters. The van der Waals surface area contributed by atoms with Gasteiger partial charge in [-0.3, -0.25) is 14.5 Å². The molecule has 3 heterocycles. The van der Waals surface area contributed by atoms with E-state index < -0.39 is 35.3 Å². The Kier molecular flexibility index (Phi) is 13.5. The number of likely N-dealkylation sites (tertiary alicyclic amines) is 1. The molecule has 1 aromatic heterocycles. The number of carboxylic acids is 1. The predicted octanol–water partition coefficient (Wildman–Crippen LogP) is 9.16. The van der Waals surface area contributed by atoms with Crippen molar-refractivity contribution in [3.8, 4) is 34.0 Å². The molecule has 2 N–H and O–H groups in total. The second-order valence-electron chi connectivity index (χ2n) is 16.7. The minimum atomic E-state index is -4.65. The van der Waals surface area contributed by atoms with E-state index >= 15 is 0 Å². The van der Waals surface area contributed by atoms with E-state index in [-0.39, 0.29) is 43.7 Å². The highest BCUT2D eigenvalue weighted by atomic mass is 19.4. The summed E-state index contributed by atoms with van der Waals surface area (Å²) >= 11 is 0. The molecule has 2 saturated heterocycles. The van der Waals surface area contributed by atoms with Gasteiger partial charge in [0.15, 0.2) is 0 Å². The van der Waals surface area contributed by atoms with Gasteiger partial charge in [-0.2, -0.15) is 13.2 Å². The normalized spacial score (nSPS) is 17.1. The van der Waals surface area contributed by atoms with E-state index in [9.17, 15) is 32.7 Å². The highest BCUT2D eigenvalue weighted by molar-refractivity contribution is 5.83. The molecule has 2 aliphatic heterocycles. The van der Waals surface area contributed by atoms with Crippen molar-refractivity contribution in [3.05, 3.63) is 99.6 Å². The number of aromatic nitrogens is 1. The molecule has 2 aliphatic rings. The van der Waals surface area contributed by atoms with Gasteiger partial charge in [0.2, 0.25) is 11.8 Å². The summed E-state index contributed by atoms with van der Waals surface area (Å²) in [7, 11) is 2.93. The predicted molar refractivity (Wildman–Crippen MR) is 227 cm³/mol. The average molecular weight is 843 g/mol. The van der Waals surface area contributed by atoms with Crippen LogP contribution in [0.5, 0.6) is 11.6 Å². The van der Waals surface area contributed by atoms with E-state index in [1.54, 1.807) is 31.7 Å². The summed E-state index contributed by atoms with van der Waals surface area (Å²) in [6.45, 7) is 10.6. The van der Waals surface area contributed by atoms with Gasteiger partial charge in [-0.1, -0.05) is 48.6 Å². The van der Waals surface area contributed by atoms with Crippen LogP contribution in [0.4, 0.5) is 18.0 Å². The number of ether oxygens (including phenoxy) is 3. The van der Waals surface area contributed by atoms with Crippen LogP contribution in [0.3, 0.4) is 0 Å². The third-order valence-corrected chi connectivity index (χ3v) is 11.2. The molecular formula is C47H53F3N4O7. The van der Waals surface area contributed by atoms with Gasteiger partial charge < -0.3 is 29.5 Å². The maximum atomic E-state index is 14.5. The number of carbonyl (C=O) groups excluding carboxylic acids is 2. The van der Waals surface area contributed by atoms with Crippen molar-refractivity contribution in [2.24, 2.45) is 5.92 Å². The van der Waals surface area contributed by atoms with E-state index in [4.69, 9.17) is 19.2 Å². The fourth-order valence-electron chi connectivity index (χ4n) is 8.00. The average Bonchev–Trinajstić information content (AvgIpc) is 3.85. The zero-order valence-corrected chi connectivity index (χ0v) is 35.6. The lowest BCUT2D eigenvalue weighted by Crippen LogP contribution is -2.43. The van der Waals surface area contributed by atoms with Crippen molar-refractivity contribution in [2.75, 3.05) is 33.9 Å². The number of nitrogens with one attached hydrogen (secondary N) is 1. The lowest BCUT2D eigenvalue weighted by atomic mass is 9.90. The molecule has 0 saturated carbocycles. The highest BCUT2D eigenvalue weighted by Crippen LogP contribution is 2.39. The van der Waals surface area contributed by atoms with Crippen molar-refractivity contribution in [2.45, 2.75) is 84.8 Å². The summed E-state index contributed by atoms with van der Waals surface area (Å²) < 4.78 is 60.6. The fourth-order valence-corrected chi connectivity index (χ4v) is 8.00. The number of hydrogen-bond donors (Lipinski definition) is 2. The molecule has 2 amide bonds. The van der Waals surface area contributed by atoms with E-state index in [1.165, 1.54) is 26.4 Å². The summed E-state index contributed by atoms with van der Waals surface area (Å²) in [6, 6.07) is 17.6. The molecule has 2 fully saturated rings. The SMILES string of the molecule is COc1cc(/C=C/c2cccc(-c3cccc(-c4ccc(CN(C[C@@H]5CCC(=O)N5)C(=O)OC(C)(C)C)c(OC)n4)c3C)c2C)c(C(F)(F)F)cc1CN1CC[C@@H](C(=O)O)C1. The third-order valence-electron chi connectivity index (χ3n) is 11.2. The molecule has 0 bridgehead atoms. The number of rotatable bonds is 13. The first-order valence-electron chi connectivity index (χ1n) is 20.3. The number of pyridine rings is 1. The van der Waals surface area contributed by atoms with Crippen LogP contribution >= 0.6 is 0 Å². The molecule has 0 radical (unpaired) electrons. The van der Waals surface area contributed by atoms with E-state index in [0.717, 1.165) is 39.4 Å². The molecule has 61 heavy (non-hydrogen) atoms. The van der Waals surface area contributed by atoms with Gasteiger partial charge >= 0.3 is 18.2 Å². The van der Waals surface area contributed by atoms with Crippen LogP contribution in [0.1, 0.15) is 79.0 Å². The lowest BCUT2D eigenvalue weighted by Gasteiger charge is -2.29. The number of alkyl halides is 3. The van der Waals surface area contributed by atoms with E-state index in [2.05, 4.69) is 5.32 Å².